The van der Waals surface area contributed by atoms with Gasteiger partial charge in [-0.05, 0) is 30.5 Å². The van der Waals surface area contributed by atoms with Crippen molar-refractivity contribution in [3.05, 3.63) is 23.9 Å². The lowest BCUT2D eigenvalue weighted by Gasteiger charge is -2.26. The predicted molar refractivity (Wildman–Crippen MR) is 78.8 cm³/mol. The zero-order valence-corrected chi connectivity index (χ0v) is 12.5. The smallest absolute Gasteiger partial charge is 0.125 e. The van der Waals surface area contributed by atoms with Crippen molar-refractivity contribution < 1.29 is 0 Å². The quantitative estimate of drug-likeness (QED) is 0.837. The van der Waals surface area contributed by atoms with E-state index >= 15 is 0 Å². The lowest BCUT2D eigenvalue weighted by molar-refractivity contribution is 0.220. The summed E-state index contributed by atoms with van der Waals surface area (Å²) in [4.78, 5) is 6.77. The molecule has 0 spiro atoms. The van der Waals surface area contributed by atoms with Crippen molar-refractivity contribution in [3.63, 3.8) is 0 Å². The average Bonchev–Trinajstić information content (AvgIpc) is 2.25. The summed E-state index contributed by atoms with van der Waals surface area (Å²) in [6, 6.07) is 4.22. The van der Waals surface area contributed by atoms with Gasteiger partial charge in [-0.2, -0.15) is 0 Å². The van der Waals surface area contributed by atoms with Gasteiger partial charge < -0.3 is 10.2 Å². The van der Waals surface area contributed by atoms with Crippen LogP contribution in [0.4, 0.5) is 5.82 Å². The number of hydrogen-bond acceptors (Lipinski definition) is 3. The monoisotopic (exact) mass is 249 g/mol. The number of aromatic nitrogens is 1. The minimum Gasteiger partial charge on any atom is -0.370 e. The van der Waals surface area contributed by atoms with Gasteiger partial charge in [-0.25, -0.2) is 4.98 Å². The fourth-order valence-electron chi connectivity index (χ4n) is 2.05. The summed E-state index contributed by atoms with van der Waals surface area (Å²) in [7, 11) is 2.16. The highest BCUT2D eigenvalue weighted by atomic mass is 15.1. The Morgan fingerprint density at radius 2 is 2.00 bits per heavy atom. The van der Waals surface area contributed by atoms with Crippen molar-refractivity contribution in [1.82, 2.24) is 9.88 Å². The Bertz CT molecular complexity index is 338. The van der Waals surface area contributed by atoms with Crippen LogP contribution >= 0.6 is 0 Å². The molecular weight excluding hydrogens is 222 g/mol. The number of pyridine rings is 1. The number of rotatable bonds is 6. The van der Waals surface area contributed by atoms with Crippen LogP contribution in [0.2, 0.25) is 0 Å². The van der Waals surface area contributed by atoms with Crippen molar-refractivity contribution >= 4 is 5.82 Å². The third-order valence-corrected chi connectivity index (χ3v) is 2.58. The van der Waals surface area contributed by atoms with E-state index in [1.165, 1.54) is 5.56 Å². The number of hydrogen-bond donors (Lipinski definition) is 1. The van der Waals surface area contributed by atoms with E-state index in [4.69, 9.17) is 0 Å². The molecule has 102 valence electrons. The van der Waals surface area contributed by atoms with E-state index in [-0.39, 0.29) is 0 Å². The highest BCUT2D eigenvalue weighted by molar-refractivity contribution is 5.35. The Hall–Kier alpha value is -1.09. The largest absolute Gasteiger partial charge is 0.370 e. The fraction of sp³-hybridized carbons (Fsp3) is 0.667. The molecule has 1 aromatic rings. The first-order valence-corrected chi connectivity index (χ1v) is 6.78. The van der Waals surface area contributed by atoms with Crippen molar-refractivity contribution in [2.45, 2.75) is 40.7 Å². The topological polar surface area (TPSA) is 28.2 Å². The van der Waals surface area contributed by atoms with E-state index in [9.17, 15) is 0 Å². The normalized spacial score (nSPS) is 11.9. The molecule has 0 aromatic carbocycles. The van der Waals surface area contributed by atoms with Crippen LogP contribution in [0, 0.1) is 5.41 Å². The van der Waals surface area contributed by atoms with Gasteiger partial charge in [0, 0.05) is 25.8 Å². The van der Waals surface area contributed by atoms with Crippen LogP contribution in [0.5, 0.6) is 0 Å². The predicted octanol–water partition coefficient (Wildman–Crippen LogP) is 3.38. The molecule has 0 unspecified atom stereocenters. The second-order valence-corrected chi connectivity index (χ2v) is 6.21. The molecule has 0 saturated heterocycles. The molecule has 3 nitrogen and oxygen atoms in total. The van der Waals surface area contributed by atoms with Crippen LogP contribution in [-0.2, 0) is 6.54 Å². The standard InChI is InChI=1S/C15H27N3/c1-6-9-16-14-8-7-13(10-17-14)11-18(5)12-15(2,3)4/h7-8,10H,6,9,11-12H2,1-5H3,(H,16,17). The number of anilines is 1. The third-order valence-electron chi connectivity index (χ3n) is 2.58. The Kier molecular flexibility index (Phi) is 5.60. The number of nitrogens with one attached hydrogen (secondary N) is 1. The molecule has 0 aliphatic rings. The summed E-state index contributed by atoms with van der Waals surface area (Å²) in [6.07, 6.45) is 3.09. The zero-order chi connectivity index (χ0) is 13.6. The molecule has 0 saturated carbocycles. The van der Waals surface area contributed by atoms with E-state index in [1.807, 2.05) is 6.20 Å². The van der Waals surface area contributed by atoms with Crippen molar-refractivity contribution in [3.8, 4) is 0 Å². The van der Waals surface area contributed by atoms with Gasteiger partial charge in [-0.1, -0.05) is 33.8 Å². The van der Waals surface area contributed by atoms with E-state index < -0.39 is 0 Å². The van der Waals surface area contributed by atoms with Crippen molar-refractivity contribution in [2.24, 2.45) is 5.41 Å². The summed E-state index contributed by atoms with van der Waals surface area (Å²) >= 11 is 0. The van der Waals surface area contributed by atoms with Gasteiger partial charge >= 0.3 is 0 Å². The maximum Gasteiger partial charge on any atom is 0.125 e. The molecule has 1 aromatic heterocycles. The summed E-state index contributed by atoms with van der Waals surface area (Å²) < 4.78 is 0. The molecule has 1 heterocycles. The SMILES string of the molecule is CCCNc1ccc(CN(C)CC(C)(C)C)cn1. The van der Waals surface area contributed by atoms with Crippen LogP contribution in [0.1, 0.15) is 39.7 Å². The second kappa shape index (κ2) is 6.74. The Morgan fingerprint density at radius 3 is 2.50 bits per heavy atom. The van der Waals surface area contributed by atoms with Crippen LogP contribution in [-0.4, -0.2) is 30.0 Å². The first kappa shape index (κ1) is 15.0. The summed E-state index contributed by atoms with van der Waals surface area (Å²) in [5.41, 5.74) is 1.61. The molecule has 3 heteroatoms. The molecule has 1 N–H and O–H groups in total. The molecule has 0 amide bonds. The molecule has 0 aliphatic heterocycles. The highest BCUT2D eigenvalue weighted by Crippen LogP contribution is 2.16. The molecule has 0 bridgehead atoms. The van der Waals surface area contributed by atoms with Gasteiger partial charge in [0.05, 0.1) is 0 Å². The van der Waals surface area contributed by atoms with Crippen LogP contribution < -0.4 is 5.32 Å². The van der Waals surface area contributed by atoms with Crippen LogP contribution in [0.25, 0.3) is 0 Å². The average molecular weight is 249 g/mol. The first-order chi connectivity index (χ1) is 8.40. The fourth-order valence-corrected chi connectivity index (χ4v) is 2.05. The zero-order valence-electron chi connectivity index (χ0n) is 12.5. The minimum absolute atomic E-state index is 0.338. The third kappa shape index (κ3) is 6.01. The van der Waals surface area contributed by atoms with Gasteiger partial charge in [0.15, 0.2) is 0 Å². The molecule has 0 atom stereocenters. The summed E-state index contributed by atoms with van der Waals surface area (Å²) in [5, 5.41) is 3.29. The second-order valence-electron chi connectivity index (χ2n) is 6.21. The Morgan fingerprint density at radius 1 is 1.28 bits per heavy atom. The van der Waals surface area contributed by atoms with Gasteiger partial charge in [0.1, 0.15) is 5.82 Å². The Balaban J connectivity index is 2.48. The molecular formula is C15H27N3. The maximum absolute atomic E-state index is 4.43. The molecule has 18 heavy (non-hydrogen) atoms. The minimum atomic E-state index is 0.338. The molecule has 0 aliphatic carbocycles. The summed E-state index contributed by atoms with van der Waals surface area (Å²) in [6.45, 7) is 12.0. The van der Waals surface area contributed by atoms with Gasteiger partial charge in [0.25, 0.3) is 0 Å². The maximum atomic E-state index is 4.43. The molecule has 0 radical (unpaired) electrons. The molecule has 1 rings (SSSR count). The van der Waals surface area contributed by atoms with Crippen molar-refractivity contribution in [2.75, 3.05) is 25.5 Å². The lowest BCUT2D eigenvalue weighted by Crippen LogP contribution is -2.28. The van der Waals surface area contributed by atoms with E-state index in [2.05, 4.69) is 62.1 Å². The van der Waals surface area contributed by atoms with Gasteiger partial charge in [0.2, 0.25) is 0 Å². The molecule has 0 fully saturated rings. The van der Waals surface area contributed by atoms with E-state index in [0.29, 0.717) is 5.41 Å². The van der Waals surface area contributed by atoms with Crippen LogP contribution in [0.15, 0.2) is 18.3 Å². The van der Waals surface area contributed by atoms with Gasteiger partial charge in [-0.15, -0.1) is 0 Å². The Labute approximate surface area is 112 Å². The van der Waals surface area contributed by atoms with E-state index in [1.54, 1.807) is 0 Å². The number of nitrogens with zero attached hydrogens (tertiary/aromatic N) is 2. The van der Waals surface area contributed by atoms with Gasteiger partial charge in [-0.3, -0.25) is 0 Å². The van der Waals surface area contributed by atoms with E-state index in [0.717, 1.165) is 31.9 Å². The van der Waals surface area contributed by atoms with Crippen molar-refractivity contribution in [1.29, 1.82) is 0 Å². The lowest BCUT2D eigenvalue weighted by atomic mass is 9.96. The van der Waals surface area contributed by atoms with Crippen LogP contribution in [0.3, 0.4) is 0 Å². The first-order valence-electron chi connectivity index (χ1n) is 6.78. The highest BCUT2D eigenvalue weighted by Gasteiger charge is 2.13. The summed E-state index contributed by atoms with van der Waals surface area (Å²) in [5.74, 6) is 0.971.